The molecule has 0 saturated carbocycles. The van der Waals surface area contributed by atoms with Gasteiger partial charge in [-0.15, -0.1) is 17.5 Å². The standard InChI is InChI=1S/C27H29N5O6.ClH/c1-35-21-10-7-16(12-20(21)29-27(34)19(28)11-15-5-8-18(33)9-6-15)24-25(31-32-30-24)17-13-22(36-2)26(38-4)23(14-17)37-3;/h5-10,12-14,19,33H,11,28H2,1-4H3,(H,29,34)(H,30,31,32);1H. The van der Waals surface area contributed by atoms with Crippen LogP contribution in [-0.2, 0) is 11.2 Å². The largest absolute Gasteiger partial charge is 0.508 e. The number of benzene rings is 3. The molecule has 0 spiro atoms. The summed E-state index contributed by atoms with van der Waals surface area (Å²) in [6, 6.07) is 14.6. The first-order valence-corrected chi connectivity index (χ1v) is 11.6. The molecule has 0 aliphatic heterocycles. The molecule has 0 fully saturated rings. The van der Waals surface area contributed by atoms with Gasteiger partial charge in [0.15, 0.2) is 11.5 Å². The van der Waals surface area contributed by atoms with Crippen molar-refractivity contribution in [1.29, 1.82) is 0 Å². The predicted octanol–water partition coefficient (Wildman–Crippen LogP) is 3.81. The first kappa shape index (κ1) is 29.1. The van der Waals surface area contributed by atoms with Crippen LogP contribution in [0.1, 0.15) is 5.56 Å². The second-order valence-electron chi connectivity index (χ2n) is 8.33. The van der Waals surface area contributed by atoms with Crippen LogP contribution in [0.4, 0.5) is 5.69 Å². The molecule has 0 saturated heterocycles. The highest BCUT2D eigenvalue weighted by molar-refractivity contribution is 5.97. The molecule has 1 aromatic heterocycles. The summed E-state index contributed by atoms with van der Waals surface area (Å²) < 4.78 is 21.8. The number of methoxy groups -OCH3 is 4. The molecule has 206 valence electrons. The Balaban J connectivity index is 0.00000420. The van der Waals surface area contributed by atoms with Crippen LogP contribution in [0, 0.1) is 0 Å². The predicted molar refractivity (Wildman–Crippen MR) is 149 cm³/mol. The van der Waals surface area contributed by atoms with Crippen molar-refractivity contribution >= 4 is 24.0 Å². The molecule has 3 aromatic carbocycles. The van der Waals surface area contributed by atoms with E-state index in [2.05, 4.69) is 20.7 Å². The van der Waals surface area contributed by atoms with Gasteiger partial charge in [0, 0.05) is 11.1 Å². The average Bonchev–Trinajstić information content (AvgIpc) is 3.43. The molecule has 0 bridgehead atoms. The van der Waals surface area contributed by atoms with Gasteiger partial charge >= 0.3 is 0 Å². The first-order valence-electron chi connectivity index (χ1n) is 11.6. The monoisotopic (exact) mass is 555 g/mol. The number of ether oxygens (including phenoxy) is 4. The number of aromatic amines is 1. The molecule has 1 unspecified atom stereocenters. The fourth-order valence-corrected chi connectivity index (χ4v) is 4.01. The molecule has 12 heteroatoms. The number of nitrogens with one attached hydrogen (secondary N) is 2. The topological polar surface area (TPSA) is 154 Å². The number of H-pyrrole nitrogens is 1. The van der Waals surface area contributed by atoms with Crippen molar-refractivity contribution in [2.75, 3.05) is 33.8 Å². The van der Waals surface area contributed by atoms with Crippen LogP contribution >= 0.6 is 12.4 Å². The SMILES string of the molecule is COc1ccc(-c2[nH]nnc2-c2cc(OC)c(OC)c(OC)c2)cc1NC(=O)C(N)Cc1ccc(O)cc1.Cl. The van der Waals surface area contributed by atoms with E-state index in [-0.39, 0.29) is 24.1 Å². The maximum Gasteiger partial charge on any atom is 0.241 e. The Kier molecular flexibility index (Phi) is 9.58. The van der Waals surface area contributed by atoms with Crippen LogP contribution in [0.15, 0.2) is 54.6 Å². The Morgan fingerprint density at radius 3 is 2.15 bits per heavy atom. The number of rotatable bonds is 10. The number of aromatic hydroxyl groups is 1. The number of anilines is 1. The number of carbonyl (C=O) groups excluding carboxylic acids is 1. The fraction of sp³-hybridized carbons (Fsp3) is 0.222. The summed E-state index contributed by atoms with van der Waals surface area (Å²) in [4.78, 5) is 12.9. The van der Waals surface area contributed by atoms with E-state index < -0.39 is 6.04 Å². The zero-order valence-corrected chi connectivity index (χ0v) is 22.7. The van der Waals surface area contributed by atoms with Crippen LogP contribution in [0.25, 0.3) is 22.5 Å². The second-order valence-corrected chi connectivity index (χ2v) is 8.33. The number of nitrogens with zero attached hydrogens (tertiary/aromatic N) is 2. The molecular formula is C27H30ClN5O6. The van der Waals surface area contributed by atoms with Crippen molar-refractivity contribution in [3.8, 4) is 51.3 Å². The lowest BCUT2D eigenvalue weighted by Gasteiger charge is -2.16. The van der Waals surface area contributed by atoms with Crippen molar-refractivity contribution in [2.45, 2.75) is 12.5 Å². The number of hydrogen-bond acceptors (Lipinski definition) is 9. The van der Waals surface area contributed by atoms with Gasteiger partial charge in [0.25, 0.3) is 0 Å². The van der Waals surface area contributed by atoms with E-state index in [1.165, 1.54) is 28.4 Å². The normalized spacial score (nSPS) is 11.2. The summed E-state index contributed by atoms with van der Waals surface area (Å²) in [6.07, 6.45) is 0.296. The first-order chi connectivity index (χ1) is 18.4. The summed E-state index contributed by atoms with van der Waals surface area (Å²) in [5, 5.41) is 23.5. The van der Waals surface area contributed by atoms with E-state index >= 15 is 0 Å². The minimum Gasteiger partial charge on any atom is -0.508 e. The summed E-state index contributed by atoms with van der Waals surface area (Å²) in [7, 11) is 6.12. The van der Waals surface area contributed by atoms with Crippen LogP contribution in [0.2, 0.25) is 0 Å². The van der Waals surface area contributed by atoms with Crippen LogP contribution < -0.4 is 30.0 Å². The summed E-state index contributed by atoms with van der Waals surface area (Å²) >= 11 is 0. The van der Waals surface area contributed by atoms with E-state index in [1.807, 2.05) is 6.07 Å². The van der Waals surface area contributed by atoms with Gasteiger partial charge in [0.05, 0.1) is 45.9 Å². The molecule has 1 heterocycles. The van der Waals surface area contributed by atoms with E-state index in [9.17, 15) is 9.90 Å². The highest BCUT2D eigenvalue weighted by Gasteiger charge is 2.21. The third-order valence-electron chi connectivity index (χ3n) is 5.96. The molecule has 0 aliphatic rings. The molecule has 4 rings (SSSR count). The van der Waals surface area contributed by atoms with Gasteiger partial charge in [-0.2, -0.15) is 0 Å². The van der Waals surface area contributed by atoms with Crippen molar-refractivity contribution in [3.05, 3.63) is 60.2 Å². The van der Waals surface area contributed by atoms with E-state index in [1.54, 1.807) is 48.5 Å². The number of nitrogens with two attached hydrogens (primary N) is 1. The quantitative estimate of drug-likeness (QED) is 0.229. The molecule has 0 radical (unpaired) electrons. The second kappa shape index (κ2) is 12.9. The lowest BCUT2D eigenvalue weighted by atomic mass is 10.0. The van der Waals surface area contributed by atoms with Gasteiger partial charge in [-0.1, -0.05) is 17.3 Å². The van der Waals surface area contributed by atoms with E-state index in [4.69, 9.17) is 24.7 Å². The van der Waals surface area contributed by atoms with Gasteiger partial charge in [-0.3, -0.25) is 9.89 Å². The third-order valence-corrected chi connectivity index (χ3v) is 5.96. The zero-order valence-electron chi connectivity index (χ0n) is 21.8. The summed E-state index contributed by atoms with van der Waals surface area (Å²) in [5.41, 5.74) is 9.94. The molecule has 39 heavy (non-hydrogen) atoms. The number of phenols is 1. The van der Waals surface area contributed by atoms with Gasteiger partial charge in [0.2, 0.25) is 11.7 Å². The number of phenolic OH excluding ortho intramolecular Hbond substituents is 1. The van der Waals surface area contributed by atoms with E-state index in [0.717, 1.165) is 5.56 Å². The van der Waals surface area contributed by atoms with Crippen molar-refractivity contribution in [1.82, 2.24) is 15.4 Å². The van der Waals surface area contributed by atoms with Crippen LogP contribution in [-0.4, -0.2) is 60.9 Å². The molecule has 0 aliphatic carbocycles. The van der Waals surface area contributed by atoms with Gasteiger partial charge in [-0.05, 0) is 54.4 Å². The lowest BCUT2D eigenvalue weighted by molar-refractivity contribution is -0.117. The van der Waals surface area contributed by atoms with E-state index in [0.29, 0.717) is 57.6 Å². The molecule has 4 aromatic rings. The molecule has 11 nitrogen and oxygen atoms in total. The highest BCUT2D eigenvalue weighted by Crippen LogP contribution is 2.42. The lowest BCUT2D eigenvalue weighted by Crippen LogP contribution is -2.37. The minimum absolute atomic E-state index is 0. The van der Waals surface area contributed by atoms with Crippen molar-refractivity contribution in [2.24, 2.45) is 5.73 Å². The Morgan fingerprint density at radius 2 is 1.56 bits per heavy atom. The average molecular weight is 556 g/mol. The molecule has 1 atom stereocenters. The number of hydrogen-bond donors (Lipinski definition) is 4. The third kappa shape index (κ3) is 6.33. The number of carbonyl (C=O) groups is 1. The fourth-order valence-electron chi connectivity index (χ4n) is 4.01. The molecule has 1 amide bonds. The molecular weight excluding hydrogens is 526 g/mol. The Hall–Kier alpha value is -4.48. The Bertz CT molecular complexity index is 1400. The van der Waals surface area contributed by atoms with Gasteiger partial charge < -0.3 is 35.1 Å². The summed E-state index contributed by atoms with van der Waals surface area (Å²) in [6.45, 7) is 0. The summed E-state index contributed by atoms with van der Waals surface area (Å²) in [5.74, 6) is 1.62. The maximum absolute atomic E-state index is 12.9. The van der Waals surface area contributed by atoms with Crippen LogP contribution in [0.5, 0.6) is 28.7 Å². The Morgan fingerprint density at radius 1 is 0.923 bits per heavy atom. The number of aromatic nitrogens is 3. The minimum atomic E-state index is -0.823. The van der Waals surface area contributed by atoms with Crippen molar-refractivity contribution in [3.63, 3.8) is 0 Å². The number of halogens is 1. The number of amides is 1. The highest BCUT2D eigenvalue weighted by atomic mass is 35.5. The van der Waals surface area contributed by atoms with Gasteiger partial charge in [-0.25, -0.2) is 0 Å². The maximum atomic E-state index is 12.9. The smallest absolute Gasteiger partial charge is 0.241 e. The van der Waals surface area contributed by atoms with Crippen LogP contribution in [0.3, 0.4) is 0 Å². The zero-order chi connectivity index (χ0) is 27.2. The Labute approximate surface area is 231 Å². The molecule has 5 N–H and O–H groups in total. The van der Waals surface area contributed by atoms with Crippen molar-refractivity contribution < 1.29 is 28.8 Å². The van der Waals surface area contributed by atoms with Gasteiger partial charge in [0.1, 0.15) is 17.2 Å².